The van der Waals surface area contributed by atoms with Crippen LogP contribution < -0.4 is 15.4 Å². The highest BCUT2D eigenvalue weighted by molar-refractivity contribution is 6.06. The third-order valence-electron chi connectivity index (χ3n) is 3.58. The second-order valence-electron chi connectivity index (χ2n) is 5.49. The average Bonchev–Trinajstić information content (AvgIpc) is 2.62. The lowest BCUT2D eigenvalue weighted by molar-refractivity contribution is 0.0937. The minimum absolute atomic E-state index is 0.250. The molecule has 0 atom stereocenters. The molecule has 0 unspecified atom stereocenters. The maximum Gasteiger partial charge on any atom is 0.255 e. The number of benzene rings is 2. The number of anilines is 1. The average molecular weight is 342 g/mol. The van der Waals surface area contributed by atoms with Crippen LogP contribution in [0, 0.1) is 6.92 Å². The largest absolute Gasteiger partial charge is 0.495 e. The molecule has 6 heteroatoms. The number of hydrogen-bond acceptors (Lipinski definition) is 4. The van der Waals surface area contributed by atoms with Crippen molar-refractivity contribution in [3.63, 3.8) is 0 Å². The SMILES string of the molecule is COCCNC(=O)c1cccc(C(=O)Nc2cc(C)ccc2OC)c1. The van der Waals surface area contributed by atoms with E-state index in [0.29, 0.717) is 35.7 Å². The van der Waals surface area contributed by atoms with E-state index >= 15 is 0 Å². The zero-order valence-electron chi connectivity index (χ0n) is 14.6. The molecule has 0 saturated carbocycles. The Balaban J connectivity index is 2.13. The van der Waals surface area contributed by atoms with Gasteiger partial charge in [-0.1, -0.05) is 12.1 Å². The summed E-state index contributed by atoms with van der Waals surface area (Å²) in [6, 6.07) is 12.1. The van der Waals surface area contributed by atoms with Crippen LogP contribution in [0.5, 0.6) is 5.75 Å². The molecule has 0 spiro atoms. The van der Waals surface area contributed by atoms with Gasteiger partial charge in [-0.25, -0.2) is 0 Å². The number of carbonyl (C=O) groups is 2. The van der Waals surface area contributed by atoms with E-state index in [2.05, 4.69) is 10.6 Å². The molecule has 0 aliphatic heterocycles. The van der Waals surface area contributed by atoms with Crippen LogP contribution in [0.1, 0.15) is 26.3 Å². The van der Waals surface area contributed by atoms with Gasteiger partial charge in [-0.3, -0.25) is 9.59 Å². The molecule has 25 heavy (non-hydrogen) atoms. The summed E-state index contributed by atoms with van der Waals surface area (Å²) < 4.78 is 10.2. The third-order valence-corrected chi connectivity index (χ3v) is 3.58. The minimum atomic E-state index is -0.310. The first kappa shape index (κ1) is 18.5. The van der Waals surface area contributed by atoms with Gasteiger partial charge in [-0.05, 0) is 42.8 Å². The first-order valence-electron chi connectivity index (χ1n) is 7.88. The van der Waals surface area contributed by atoms with Gasteiger partial charge in [0.25, 0.3) is 11.8 Å². The fraction of sp³-hybridized carbons (Fsp3) is 0.263. The molecule has 2 aromatic carbocycles. The minimum Gasteiger partial charge on any atom is -0.495 e. The molecule has 132 valence electrons. The summed E-state index contributed by atoms with van der Waals surface area (Å²) in [4.78, 5) is 24.6. The zero-order valence-corrected chi connectivity index (χ0v) is 14.6. The first-order chi connectivity index (χ1) is 12.0. The van der Waals surface area contributed by atoms with Crippen LogP contribution in [0.3, 0.4) is 0 Å². The number of hydrogen-bond donors (Lipinski definition) is 2. The normalized spacial score (nSPS) is 10.2. The van der Waals surface area contributed by atoms with E-state index in [0.717, 1.165) is 5.56 Å². The molecular weight excluding hydrogens is 320 g/mol. The van der Waals surface area contributed by atoms with Gasteiger partial charge in [-0.2, -0.15) is 0 Å². The van der Waals surface area contributed by atoms with E-state index in [1.807, 2.05) is 19.1 Å². The van der Waals surface area contributed by atoms with Crippen molar-refractivity contribution < 1.29 is 19.1 Å². The lowest BCUT2D eigenvalue weighted by Gasteiger charge is -2.11. The van der Waals surface area contributed by atoms with E-state index in [1.54, 1.807) is 44.6 Å². The summed E-state index contributed by atoms with van der Waals surface area (Å²) in [5.74, 6) is 0.0164. The standard InChI is InChI=1S/C19H22N2O4/c1-13-7-8-17(25-3)16(11-13)21-19(23)15-6-4-5-14(12-15)18(22)20-9-10-24-2/h4-8,11-12H,9-10H2,1-3H3,(H,20,22)(H,21,23). The molecule has 0 bridgehead atoms. The molecular formula is C19H22N2O4. The highest BCUT2D eigenvalue weighted by atomic mass is 16.5. The lowest BCUT2D eigenvalue weighted by Crippen LogP contribution is -2.27. The fourth-order valence-corrected chi connectivity index (χ4v) is 2.28. The van der Waals surface area contributed by atoms with Gasteiger partial charge < -0.3 is 20.1 Å². The van der Waals surface area contributed by atoms with Crippen LogP contribution in [-0.4, -0.2) is 39.2 Å². The second kappa shape index (κ2) is 8.84. The van der Waals surface area contributed by atoms with Crippen LogP contribution in [-0.2, 0) is 4.74 Å². The van der Waals surface area contributed by atoms with Crippen molar-refractivity contribution in [1.82, 2.24) is 5.32 Å². The molecule has 0 radical (unpaired) electrons. The summed E-state index contributed by atoms with van der Waals surface area (Å²) in [7, 11) is 3.11. The number of ether oxygens (including phenoxy) is 2. The van der Waals surface area contributed by atoms with Crippen molar-refractivity contribution in [2.45, 2.75) is 6.92 Å². The van der Waals surface area contributed by atoms with Gasteiger partial charge in [0, 0.05) is 24.8 Å². The van der Waals surface area contributed by atoms with Crippen LogP contribution in [0.4, 0.5) is 5.69 Å². The van der Waals surface area contributed by atoms with Gasteiger partial charge in [0.15, 0.2) is 0 Å². The maximum atomic E-state index is 12.5. The monoisotopic (exact) mass is 342 g/mol. The molecule has 0 fully saturated rings. The topological polar surface area (TPSA) is 76.7 Å². The molecule has 2 aromatic rings. The Morgan fingerprint density at radius 3 is 2.40 bits per heavy atom. The van der Waals surface area contributed by atoms with E-state index in [-0.39, 0.29) is 11.8 Å². The number of methoxy groups -OCH3 is 2. The van der Waals surface area contributed by atoms with E-state index in [1.165, 1.54) is 0 Å². The highest BCUT2D eigenvalue weighted by Crippen LogP contribution is 2.25. The molecule has 6 nitrogen and oxygen atoms in total. The van der Waals surface area contributed by atoms with E-state index < -0.39 is 0 Å². The van der Waals surface area contributed by atoms with Gasteiger partial charge in [-0.15, -0.1) is 0 Å². The Labute approximate surface area is 147 Å². The maximum absolute atomic E-state index is 12.5. The smallest absolute Gasteiger partial charge is 0.255 e. The van der Waals surface area contributed by atoms with Crippen molar-refractivity contribution >= 4 is 17.5 Å². The Morgan fingerprint density at radius 1 is 1.00 bits per heavy atom. The van der Waals surface area contributed by atoms with Gasteiger partial charge in [0.1, 0.15) is 5.75 Å². The number of rotatable bonds is 7. The number of nitrogens with one attached hydrogen (secondary N) is 2. The Kier molecular flexibility index (Phi) is 6.54. The van der Waals surface area contributed by atoms with E-state index in [9.17, 15) is 9.59 Å². The fourth-order valence-electron chi connectivity index (χ4n) is 2.28. The summed E-state index contributed by atoms with van der Waals surface area (Å²) in [5.41, 5.74) is 2.40. The second-order valence-corrected chi connectivity index (χ2v) is 5.49. The predicted octanol–water partition coefficient (Wildman–Crippen LogP) is 2.63. The van der Waals surface area contributed by atoms with Gasteiger partial charge in [0.2, 0.25) is 0 Å². The Morgan fingerprint density at radius 2 is 1.72 bits per heavy atom. The third kappa shape index (κ3) is 5.06. The van der Waals surface area contributed by atoms with Crippen LogP contribution in [0.15, 0.2) is 42.5 Å². The quantitative estimate of drug-likeness (QED) is 0.759. The molecule has 2 rings (SSSR count). The summed E-state index contributed by atoms with van der Waals surface area (Å²) in [5, 5.41) is 5.55. The molecule has 0 heterocycles. The highest BCUT2D eigenvalue weighted by Gasteiger charge is 2.12. The predicted molar refractivity (Wildman–Crippen MR) is 96.3 cm³/mol. The molecule has 0 aliphatic carbocycles. The molecule has 2 N–H and O–H groups in total. The molecule has 0 aliphatic rings. The van der Waals surface area contributed by atoms with Crippen molar-refractivity contribution in [1.29, 1.82) is 0 Å². The summed E-state index contributed by atoms with van der Waals surface area (Å²) in [6.07, 6.45) is 0. The van der Waals surface area contributed by atoms with Gasteiger partial charge >= 0.3 is 0 Å². The summed E-state index contributed by atoms with van der Waals surface area (Å²) >= 11 is 0. The number of amides is 2. The molecule has 0 aromatic heterocycles. The zero-order chi connectivity index (χ0) is 18.2. The van der Waals surface area contributed by atoms with Crippen LogP contribution in [0.2, 0.25) is 0 Å². The van der Waals surface area contributed by atoms with Crippen LogP contribution >= 0.6 is 0 Å². The van der Waals surface area contributed by atoms with Gasteiger partial charge in [0.05, 0.1) is 19.4 Å². The van der Waals surface area contributed by atoms with Crippen LogP contribution in [0.25, 0.3) is 0 Å². The Hall–Kier alpha value is -2.86. The Bertz CT molecular complexity index is 759. The lowest BCUT2D eigenvalue weighted by atomic mass is 10.1. The van der Waals surface area contributed by atoms with Crippen molar-refractivity contribution in [3.8, 4) is 5.75 Å². The summed E-state index contributed by atoms with van der Waals surface area (Å²) in [6.45, 7) is 2.77. The van der Waals surface area contributed by atoms with Crippen molar-refractivity contribution in [3.05, 3.63) is 59.2 Å². The van der Waals surface area contributed by atoms with E-state index in [4.69, 9.17) is 9.47 Å². The number of carbonyl (C=O) groups excluding carboxylic acids is 2. The number of aryl methyl sites for hydroxylation is 1. The van der Waals surface area contributed by atoms with Crippen molar-refractivity contribution in [2.24, 2.45) is 0 Å². The first-order valence-corrected chi connectivity index (χ1v) is 7.88. The molecule has 2 amide bonds. The molecule has 0 saturated heterocycles. The van der Waals surface area contributed by atoms with Crippen molar-refractivity contribution in [2.75, 3.05) is 32.7 Å².